The van der Waals surface area contributed by atoms with Crippen LogP contribution in [0.5, 0.6) is 5.75 Å². The molecular formula is C14H23NO2. The third-order valence-electron chi connectivity index (χ3n) is 2.78. The van der Waals surface area contributed by atoms with E-state index in [0.29, 0.717) is 13.0 Å². The van der Waals surface area contributed by atoms with Crippen LogP contribution >= 0.6 is 0 Å². The second-order valence-electron chi connectivity index (χ2n) is 5.33. The van der Waals surface area contributed by atoms with E-state index in [2.05, 4.69) is 20.8 Å². The molecule has 1 aromatic carbocycles. The molecule has 0 saturated heterocycles. The Morgan fingerprint density at radius 2 is 1.82 bits per heavy atom. The number of hydrogen-bond donors (Lipinski definition) is 2. The molecule has 0 aliphatic rings. The number of rotatable bonds is 5. The van der Waals surface area contributed by atoms with E-state index in [0.717, 1.165) is 11.3 Å². The lowest BCUT2D eigenvalue weighted by atomic mass is 9.89. The number of aliphatic hydroxyl groups excluding tert-OH is 1. The summed E-state index contributed by atoms with van der Waals surface area (Å²) in [6.07, 6.45) is 0.686. The zero-order valence-corrected chi connectivity index (χ0v) is 10.9. The van der Waals surface area contributed by atoms with Gasteiger partial charge in [0.2, 0.25) is 0 Å². The van der Waals surface area contributed by atoms with Gasteiger partial charge in [-0.1, -0.05) is 32.9 Å². The van der Waals surface area contributed by atoms with Crippen LogP contribution < -0.4 is 10.5 Å². The van der Waals surface area contributed by atoms with Crippen LogP contribution in [0, 0.1) is 5.41 Å². The molecule has 0 aliphatic carbocycles. The Bertz CT molecular complexity index is 327. The predicted octanol–water partition coefficient (Wildman–Crippen LogP) is 1.97. The van der Waals surface area contributed by atoms with E-state index < -0.39 is 0 Å². The summed E-state index contributed by atoms with van der Waals surface area (Å²) < 4.78 is 5.87. The van der Waals surface area contributed by atoms with Crippen molar-refractivity contribution in [2.45, 2.75) is 33.3 Å². The minimum Gasteiger partial charge on any atom is -0.489 e. The summed E-state index contributed by atoms with van der Waals surface area (Å²) in [5.41, 5.74) is 6.86. The van der Waals surface area contributed by atoms with Gasteiger partial charge in [0.05, 0.1) is 0 Å². The fourth-order valence-electron chi connectivity index (χ4n) is 1.61. The number of ether oxygens (including phenoxy) is 1. The maximum absolute atomic E-state index is 8.83. The molecule has 1 unspecified atom stereocenters. The minimum atomic E-state index is 0.00573. The van der Waals surface area contributed by atoms with Gasteiger partial charge in [-0.15, -0.1) is 0 Å². The fourth-order valence-corrected chi connectivity index (χ4v) is 1.61. The molecule has 96 valence electrons. The Morgan fingerprint density at radius 3 is 2.24 bits per heavy atom. The Balaban J connectivity index is 2.67. The number of hydrogen-bond acceptors (Lipinski definition) is 3. The largest absolute Gasteiger partial charge is 0.489 e. The molecule has 0 saturated carbocycles. The molecule has 0 spiro atoms. The molecule has 0 bridgehead atoms. The van der Waals surface area contributed by atoms with Gasteiger partial charge in [-0.3, -0.25) is 0 Å². The zero-order valence-electron chi connectivity index (χ0n) is 10.9. The van der Waals surface area contributed by atoms with Gasteiger partial charge >= 0.3 is 0 Å². The van der Waals surface area contributed by atoms with Crippen molar-refractivity contribution in [2.75, 3.05) is 13.2 Å². The molecule has 0 fully saturated rings. The molecule has 1 atom stereocenters. The molecule has 0 heterocycles. The highest BCUT2D eigenvalue weighted by atomic mass is 16.5. The molecule has 17 heavy (non-hydrogen) atoms. The van der Waals surface area contributed by atoms with Crippen LogP contribution in [-0.2, 0) is 6.42 Å². The van der Waals surface area contributed by atoms with Crippen molar-refractivity contribution in [3.63, 3.8) is 0 Å². The average molecular weight is 237 g/mol. The van der Waals surface area contributed by atoms with Crippen LogP contribution in [0.4, 0.5) is 0 Å². The smallest absolute Gasteiger partial charge is 0.119 e. The lowest BCUT2D eigenvalue weighted by molar-refractivity contribution is 0.0941. The molecule has 0 amide bonds. The second kappa shape index (κ2) is 6.03. The summed E-state index contributed by atoms with van der Waals surface area (Å²) in [4.78, 5) is 0. The van der Waals surface area contributed by atoms with Crippen molar-refractivity contribution in [3.05, 3.63) is 29.8 Å². The summed E-state index contributed by atoms with van der Waals surface area (Å²) >= 11 is 0. The first kappa shape index (κ1) is 14.0. The molecule has 1 aromatic rings. The van der Waals surface area contributed by atoms with Gasteiger partial charge < -0.3 is 15.6 Å². The Labute approximate surface area is 104 Å². The number of aliphatic hydroxyl groups is 1. The number of nitrogens with two attached hydrogens (primary N) is 1. The fraction of sp³-hybridized carbons (Fsp3) is 0.571. The standard InChI is InChI=1S/C14H23NO2/c1-14(2,3)13(10-15)17-12-6-4-11(5-7-12)8-9-16/h4-7,13,16H,8-10,15H2,1-3H3. The number of benzene rings is 1. The van der Waals surface area contributed by atoms with Gasteiger partial charge in [0.15, 0.2) is 0 Å². The lowest BCUT2D eigenvalue weighted by Gasteiger charge is -2.30. The first-order chi connectivity index (χ1) is 7.97. The lowest BCUT2D eigenvalue weighted by Crippen LogP contribution is -2.38. The normalized spacial score (nSPS) is 13.5. The van der Waals surface area contributed by atoms with Crippen LogP contribution in [0.2, 0.25) is 0 Å². The van der Waals surface area contributed by atoms with E-state index in [4.69, 9.17) is 15.6 Å². The van der Waals surface area contributed by atoms with Crippen LogP contribution in [0.25, 0.3) is 0 Å². The maximum Gasteiger partial charge on any atom is 0.119 e. The van der Waals surface area contributed by atoms with E-state index in [1.54, 1.807) is 0 Å². The van der Waals surface area contributed by atoms with Crippen molar-refractivity contribution in [1.29, 1.82) is 0 Å². The molecule has 3 heteroatoms. The van der Waals surface area contributed by atoms with Gasteiger partial charge in [0.1, 0.15) is 11.9 Å². The molecular weight excluding hydrogens is 214 g/mol. The minimum absolute atomic E-state index is 0.00573. The summed E-state index contributed by atoms with van der Waals surface area (Å²) in [5.74, 6) is 0.831. The summed E-state index contributed by atoms with van der Waals surface area (Å²) in [7, 11) is 0. The summed E-state index contributed by atoms with van der Waals surface area (Å²) in [6.45, 7) is 7.02. The van der Waals surface area contributed by atoms with Crippen molar-refractivity contribution >= 4 is 0 Å². The molecule has 3 nitrogen and oxygen atoms in total. The van der Waals surface area contributed by atoms with E-state index in [-0.39, 0.29) is 18.1 Å². The first-order valence-corrected chi connectivity index (χ1v) is 6.04. The molecule has 3 N–H and O–H groups in total. The van der Waals surface area contributed by atoms with E-state index in [1.807, 2.05) is 24.3 Å². The Kier molecular flexibility index (Phi) is 4.97. The first-order valence-electron chi connectivity index (χ1n) is 6.04. The van der Waals surface area contributed by atoms with Crippen LogP contribution in [0.3, 0.4) is 0 Å². The van der Waals surface area contributed by atoms with Crippen molar-refractivity contribution in [2.24, 2.45) is 11.1 Å². The van der Waals surface area contributed by atoms with Gasteiger partial charge in [-0.2, -0.15) is 0 Å². The Hall–Kier alpha value is -1.06. The van der Waals surface area contributed by atoms with Crippen molar-refractivity contribution < 1.29 is 9.84 Å². The Morgan fingerprint density at radius 1 is 1.24 bits per heavy atom. The van der Waals surface area contributed by atoms with E-state index in [1.165, 1.54) is 0 Å². The van der Waals surface area contributed by atoms with Crippen LogP contribution in [0.15, 0.2) is 24.3 Å². The van der Waals surface area contributed by atoms with Crippen LogP contribution in [0.1, 0.15) is 26.3 Å². The molecule has 1 rings (SSSR count). The van der Waals surface area contributed by atoms with Crippen molar-refractivity contribution in [3.8, 4) is 5.75 Å². The second-order valence-corrected chi connectivity index (χ2v) is 5.33. The van der Waals surface area contributed by atoms with Gasteiger partial charge in [-0.05, 0) is 24.1 Å². The summed E-state index contributed by atoms with van der Waals surface area (Å²) in [6, 6.07) is 7.81. The quantitative estimate of drug-likeness (QED) is 0.823. The highest BCUT2D eigenvalue weighted by molar-refractivity contribution is 5.27. The zero-order chi connectivity index (χ0) is 12.9. The average Bonchev–Trinajstić information content (AvgIpc) is 2.27. The monoisotopic (exact) mass is 237 g/mol. The summed E-state index contributed by atoms with van der Waals surface area (Å²) in [5, 5.41) is 8.83. The van der Waals surface area contributed by atoms with E-state index in [9.17, 15) is 0 Å². The van der Waals surface area contributed by atoms with Crippen molar-refractivity contribution in [1.82, 2.24) is 0 Å². The SMILES string of the molecule is CC(C)(C)C(CN)Oc1ccc(CCO)cc1. The topological polar surface area (TPSA) is 55.5 Å². The van der Waals surface area contributed by atoms with E-state index >= 15 is 0 Å². The highest BCUT2D eigenvalue weighted by Gasteiger charge is 2.24. The van der Waals surface area contributed by atoms with Gasteiger partial charge in [-0.25, -0.2) is 0 Å². The predicted molar refractivity (Wildman–Crippen MR) is 70.2 cm³/mol. The highest BCUT2D eigenvalue weighted by Crippen LogP contribution is 2.24. The third kappa shape index (κ3) is 4.36. The van der Waals surface area contributed by atoms with Crippen LogP contribution in [-0.4, -0.2) is 24.4 Å². The van der Waals surface area contributed by atoms with Gasteiger partial charge in [0, 0.05) is 18.6 Å². The maximum atomic E-state index is 8.83. The molecule has 0 aromatic heterocycles. The molecule has 0 radical (unpaired) electrons. The van der Waals surface area contributed by atoms with Gasteiger partial charge in [0.25, 0.3) is 0 Å². The molecule has 0 aliphatic heterocycles. The third-order valence-corrected chi connectivity index (χ3v) is 2.78.